The largest absolute Gasteiger partial charge is 0.507 e. The number of aromatic amines is 1. The van der Waals surface area contributed by atoms with Crippen molar-refractivity contribution in [3.8, 4) is 5.75 Å². The Kier molecular flexibility index (Phi) is 6.56. The van der Waals surface area contributed by atoms with E-state index in [4.69, 9.17) is 9.15 Å². The van der Waals surface area contributed by atoms with E-state index in [-0.39, 0.29) is 17.3 Å². The Morgan fingerprint density at radius 1 is 1.08 bits per heavy atom. The van der Waals surface area contributed by atoms with Crippen LogP contribution in [0, 0.1) is 13.8 Å². The summed E-state index contributed by atoms with van der Waals surface area (Å²) in [5.41, 5.74) is 2.76. The summed E-state index contributed by atoms with van der Waals surface area (Å²) in [6.07, 6.45) is 3.17. The highest BCUT2D eigenvalue weighted by atomic mass is 16.5. The number of ketones is 1. The number of aryl methyl sites for hydroxylation is 2. The van der Waals surface area contributed by atoms with Crippen LogP contribution < -0.4 is 9.64 Å². The average Bonchev–Trinajstić information content (AvgIpc) is 3.57. The highest BCUT2D eigenvalue weighted by Gasteiger charge is 2.49. The molecule has 0 aliphatic carbocycles. The van der Waals surface area contributed by atoms with E-state index in [9.17, 15) is 14.7 Å². The third-order valence-corrected chi connectivity index (χ3v) is 6.47. The number of carbonyl (C=O) groups is 2. The van der Waals surface area contributed by atoms with Crippen molar-refractivity contribution in [1.29, 1.82) is 0 Å². The summed E-state index contributed by atoms with van der Waals surface area (Å²) in [5, 5.41) is 11.3. The molecule has 37 heavy (non-hydrogen) atoms. The van der Waals surface area contributed by atoms with E-state index in [1.165, 1.54) is 4.90 Å². The highest BCUT2D eigenvalue weighted by molar-refractivity contribution is 6.51. The lowest BCUT2D eigenvalue weighted by Crippen LogP contribution is -2.30. The Labute approximate surface area is 214 Å². The van der Waals surface area contributed by atoms with Crippen molar-refractivity contribution in [3.63, 3.8) is 0 Å². The molecule has 0 saturated carbocycles. The molecule has 1 amide bonds. The summed E-state index contributed by atoms with van der Waals surface area (Å²) in [5.74, 6) is -0.0543. The zero-order valence-electron chi connectivity index (χ0n) is 21.1. The highest BCUT2D eigenvalue weighted by Crippen LogP contribution is 2.42. The van der Waals surface area contributed by atoms with E-state index < -0.39 is 17.7 Å². The van der Waals surface area contributed by atoms with Gasteiger partial charge in [-0.25, -0.2) is 4.98 Å². The van der Waals surface area contributed by atoms with Crippen molar-refractivity contribution in [2.24, 2.45) is 0 Å². The Bertz CT molecular complexity index is 1500. The third kappa shape index (κ3) is 4.62. The standard InChI is InChI=1S/C29H29N3O5/c1-4-5-6-15-36-20-11-9-19(10-12-20)26(33)24-25(23-14-8-18(3)37-23)32(28(35)27(24)34)29-30-21-13-7-17(2)16-22(21)31-29/h7-14,16,25,33H,4-6,15H2,1-3H3,(H,30,31)/b26-24+. The van der Waals surface area contributed by atoms with Crippen molar-refractivity contribution in [2.75, 3.05) is 11.5 Å². The first kappa shape index (κ1) is 24.4. The van der Waals surface area contributed by atoms with Crippen LogP contribution >= 0.6 is 0 Å². The van der Waals surface area contributed by atoms with Crippen molar-refractivity contribution in [2.45, 2.75) is 46.1 Å². The van der Waals surface area contributed by atoms with Crippen LogP contribution in [-0.2, 0) is 9.59 Å². The Morgan fingerprint density at radius 3 is 2.57 bits per heavy atom. The number of carbonyl (C=O) groups excluding carboxylic acids is 2. The van der Waals surface area contributed by atoms with Gasteiger partial charge in [0.25, 0.3) is 5.78 Å². The number of imidazole rings is 1. The smallest absolute Gasteiger partial charge is 0.302 e. The first-order chi connectivity index (χ1) is 17.9. The van der Waals surface area contributed by atoms with E-state index in [0.29, 0.717) is 35.0 Å². The second-order valence-corrected chi connectivity index (χ2v) is 9.28. The minimum atomic E-state index is -0.986. The normalized spacial score (nSPS) is 17.2. The molecule has 1 unspecified atom stereocenters. The van der Waals surface area contributed by atoms with Gasteiger partial charge in [-0.2, -0.15) is 0 Å². The van der Waals surface area contributed by atoms with Crippen LogP contribution in [0.4, 0.5) is 5.95 Å². The number of aliphatic hydroxyl groups is 1. The number of furan rings is 1. The monoisotopic (exact) mass is 499 g/mol. The lowest BCUT2D eigenvalue weighted by atomic mass is 9.99. The number of anilines is 1. The minimum Gasteiger partial charge on any atom is -0.507 e. The molecule has 2 aromatic carbocycles. The molecule has 2 N–H and O–H groups in total. The predicted molar refractivity (Wildman–Crippen MR) is 141 cm³/mol. The van der Waals surface area contributed by atoms with Gasteiger partial charge in [0.15, 0.2) is 0 Å². The SMILES string of the molecule is CCCCCOc1ccc(/C(O)=C2\C(=O)C(=O)N(c3nc4ccc(C)cc4[nH]3)C2c2ccc(C)o2)cc1. The molecule has 1 aliphatic heterocycles. The predicted octanol–water partition coefficient (Wildman–Crippen LogP) is 5.97. The summed E-state index contributed by atoms with van der Waals surface area (Å²) in [6.45, 7) is 6.48. The molecular formula is C29H29N3O5. The molecule has 0 spiro atoms. The number of Topliss-reactive ketones (excluding diaryl/α,β-unsaturated/α-hetero) is 1. The molecule has 190 valence electrons. The molecule has 8 nitrogen and oxygen atoms in total. The van der Waals surface area contributed by atoms with Crippen molar-refractivity contribution >= 4 is 34.4 Å². The van der Waals surface area contributed by atoms with Gasteiger partial charge in [0.05, 0.1) is 23.2 Å². The number of H-pyrrole nitrogens is 1. The van der Waals surface area contributed by atoms with E-state index in [0.717, 1.165) is 30.3 Å². The Hall–Kier alpha value is -4.33. The summed E-state index contributed by atoms with van der Waals surface area (Å²) in [4.78, 5) is 35.6. The van der Waals surface area contributed by atoms with Crippen LogP contribution in [0.25, 0.3) is 16.8 Å². The lowest BCUT2D eigenvalue weighted by Gasteiger charge is -2.20. The maximum Gasteiger partial charge on any atom is 0.302 e. The molecule has 1 fully saturated rings. The number of aromatic nitrogens is 2. The van der Waals surface area contributed by atoms with Crippen molar-refractivity contribution in [3.05, 3.63) is 82.8 Å². The molecule has 4 aromatic rings. The molecule has 0 radical (unpaired) electrons. The second kappa shape index (κ2) is 9.97. The van der Waals surface area contributed by atoms with Crippen molar-refractivity contribution in [1.82, 2.24) is 9.97 Å². The zero-order chi connectivity index (χ0) is 26.1. The number of amides is 1. The fourth-order valence-corrected chi connectivity index (χ4v) is 4.55. The number of nitrogens with one attached hydrogen (secondary N) is 1. The quantitative estimate of drug-likeness (QED) is 0.134. The van der Waals surface area contributed by atoms with Crippen LogP contribution in [0.1, 0.15) is 54.9 Å². The average molecular weight is 500 g/mol. The molecule has 3 heterocycles. The van der Waals surface area contributed by atoms with Crippen LogP contribution in [0.15, 0.2) is 64.6 Å². The zero-order valence-corrected chi connectivity index (χ0v) is 21.1. The van der Waals surface area contributed by atoms with E-state index in [1.54, 1.807) is 43.3 Å². The van der Waals surface area contributed by atoms with Crippen LogP contribution in [0.3, 0.4) is 0 Å². The number of benzene rings is 2. The lowest BCUT2D eigenvalue weighted by molar-refractivity contribution is -0.132. The van der Waals surface area contributed by atoms with Crippen LogP contribution in [0.2, 0.25) is 0 Å². The number of nitrogens with zero attached hydrogens (tertiary/aromatic N) is 2. The van der Waals surface area contributed by atoms with Gasteiger partial charge in [-0.3, -0.25) is 14.5 Å². The molecule has 8 heteroatoms. The minimum absolute atomic E-state index is 0.0624. The van der Waals surface area contributed by atoms with E-state index >= 15 is 0 Å². The first-order valence-corrected chi connectivity index (χ1v) is 12.4. The Morgan fingerprint density at radius 2 is 1.86 bits per heavy atom. The number of unbranched alkanes of at least 4 members (excludes halogenated alkanes) is 2. The van der Waals surface area contributed by atoms with Crippen molar-refractivity contribution < 1.29 is 23.8 Å². The number of aliphatic hydroxyl groups excluding tert-OH is 1. The van der Waals surface area contributed by atoms with E-state index in [2.05, 4.69) is 16.9 Å². The van der Waals surface area contributed by atoms with Gasteiger partial charge in [0.1, 0.15) is 29.1 Å². The molecular weight excluding hydrogens is 470 g/mol. The number of hydrogen-bond acceptors (Lipinski definition) is 6. The number of hydrogen-bond donors (Lipinski definition) is 2. The first-order valence-electron chi connectivity index (χ1n) is 12.4. The summed E-state index contributed by atoms with van der Waals surface area (Å²) in [6, 6.07) is 15.0. The van der Waals surface area contributed by atoms with Gasteiger partial charge in [-0.1, -0.05) is 25.8 Å². The maximum absolute atomic E-state index is 13.3. The van der Waals surface area contributed by atoms with Crippen LogP contribution in [0.5, 0.6) is 5.75 Å². The summed E-state index contributed by atoms with van der Waals surface area (Å²) >= 11 is 0. The maximum atomic E-state index is 13.3. The molecule has 1 aliphatic rings. The third-order valence-electron chi connectivity index (χ3n) is 6.47. The fourth-order valence-electron chi connectivity index (χ4n) is 4.55. The van der Waals surface area contributed by atoms with Gasteiger partial charge >= 0.3 is 5.91 Å². The summed E-state index contributed by atoms with van der Waals surface area (Å²) < 4.78 is 11.6. The van der Waals surface area contributed by atoms with Gasteiger partial charge in [0.2, 0.25) is 5.95 Å². The molecule has 0 bridgehead atoms. The Balaban J connectivity index is 1.55. The number of rotatable bonds is 8. The van der Waals surface area contributed by atoms with Gasteiger partial charge < -0.3 is 19.2 Å². The molecule has 2 aromatic heterocycles. The van der Waals surface area contributed by atoms with E-state index in [1.807, 2.05) is 25.1 Å². The number of ether oxygens (including phenoxy) is 1. The topological polar surface area (TPSA) is 109 Å². The molecule has 1 saturated heterocycles. The molecule has 5 rings (SSSR count). The summed E-state index contributed by atoms with van der Waals surface area (Å²) in [7, 11) is 0. The van der Waals surface area contributed by atoms with Gasteiger partial charge in [-0.15, -0.1) is 0 Å². The molecule has 1 atom stereocenters. The second-order valence-electron chi connectivity index (χ2n) is 9.28. The van der Waals surface area contributed by atoms with Gasteiger partial charge in [0, 0.05) is 5.56 Å². The number of fused-ring (bicyclic) bond motifs is 1. The van der Waals surface area contributed by atoms with Gasteiger partial charge in [-0.05, 0) is 74.4 Å². The fraction of sp³-hybridized carbons (Fsp3) is 0.276. The van der Waals surface area contributed by atoms with Crippen LogP contribution in [-0.4, -0.2) is 33.4 Å².